The fourth-order valence-corrected chi connectivity index (χ4v) is 1.81. The largest absolute Gasteiger partial charge is 0.376 e. The summed E-state index contributed by atoms with van der Waals surface area (Å²) in [5.74, 6) is 0.527. The van der Waals surface area contributed by atoms with Crippen LogP contribution in [0.15, 0.2) is 0 Å². The molecule has 0 aromatic rings. The van der Waals surface area contributed by atoms with E-state index < -0.39 is 0 Å². The van der Waals surface area contributed by atoms with E-state index in [2.05, 4.69) is 41.5 Å². The van der Waals surface area contributed by atoms with Gasteiger partial charge >= 0.3 is 0 Å². The molecule has 0 aliphatic carbocycles. The summed E-state index contributed by atoms with van der Waals surface area (Å²) in [7, 11) is 0. The van der Waals surface area contributed by atoms with Gasteiger partial charge in [-0.1, -0.05) is 13.8 Å². The standard InChI is InChI=1S/C18H38O4/c1-13(2)17(6)21-11-15(4)19-10-14(3)20-12-16(5)22-18(7,8)9/h13-17H,10-12H2,1-9H3. The molecule has 0 heterocycles. The average Bonchev–Trinajstić information content (AvgIpc) is 2.37. The zero-order valence-corrected chi connectivity index (χ0v) is 16.1. The predicted octanol–water partition coefficient (Wildman–Crippen LogP) is 4.06. The van der Waals surface area contributed by atoms with E-state index in [4.69, 9.17) is 18.9 Å². The molecule has 22 heavy (non-hydrogen) atoms. The predicted molar refractivity (Wildman–Crippen MR) is 91.4 cm³/mol. The molecule has 0 fully saturated rings. The summed E-state index contributed by atoms with van der Waals surface area (Å²) in [5, 5.41) is 0. The summed E-state index contributed by atoms with van der Waals surface area (Å²) in [6, 6.07) is 0. The van der Waals surface area contributed by atoms with Gasteiger partial charge in [0.05, 0.1) is 49.8 Å². The Morgan fingerprint density at radius 1 is 0.636 bits per heavy atom. The molecule has 0 saturated carbocycles. The third-order valence-corrected chi connectivity index (χ3v) is 3.32. The first kappa shape index (κ1) is 21.8. The maximum atomic E-state index is 5.82. The van der Waals surface area contributed by atoms with E-state index in [0.717, 1.165) is 0 Å². The van der Waals surface area contributed by atoms with Crippen LogP contribution >= 0.6 is 0 Å². The minimum Gasteiger partial charge on any atom is -0.376 e. The summed E-state index contributed by atoms with van der Waals surface area (Å²) in [6.45, 7) is 20.4. The van der Waals surface area contributed by atoms with Crippen molar-refractivity contribution in [1.82, 2.24) is 0 Å². The smallest absolute Gasteiger partial charge is 0.0787 e. The van der Waals surface area contributed by atoms with Gasteiger partial charge in [0.2, 0.25) is 0 Å². The van der Waals surface area contributed by atoms with Crippen molar-refractivity contribution in [3.63, 3.8) is 0 Å². The SMILES string of the molecule is CC(COC(C)COC(C)C(C)C)OCC(C)OC(C)(C)C. The highest BCUT2D eigenvalue weighted by molar-refractivity contribution is 4.63. The quantitative estimate of drug-likeness (QED) is 0.575. The van der Waals surface area contributed by atoms with E-state index in [1.54, 1.807) is 0 Å². The van der Waals surface area contributed by atoms with E-state index in [1.807, 2.05) is 20.8 Å². The number of hydrogen-bond acceptors (Lipinski definition) is 4. The highest BCUT2D eigenvalue weighted by Gasteiger charge is 2.17. The van der Waals surface area contributed by atoms with Gasteiger partial charge in [0.15, 0.2) is 0 Å². The molecule has 0 radical (unpaired) electrons. The Morgan fingerprint density at radius 3 is 1.45 bits per heavy atom. The number of hydrogen-bond donors (Lipinski definition) is 0. The van der Waals surface area contributed by atoms with Crippen molar-refractivity contribution >= 4 is 0 Å². The molecule has 0 aromatic carbocycles. The van der Waals surface area contributed by atoms with Gasteiger partial charge in [-0.3, -0.25) is 0 Å². The lowest BCUT2D eigenvalue weighted by Crippen LogP contribution is -2.31. The first-order valence-corrected chi connectivity index (χ1v) is 8.54. The van der Waals surface area contributed by atoms with Crippen molar-refractivity contribution in [3.05, 3.63) is 0 Å². The lowest BCUT2D eigenvalue weighted by molar-refractivity contribution is -0.114. The molecule has 4 nitrogen and oxygen atoms in total. The molecule has 4 heteroatoms. The van der Waals surface area contributed by atoms with Crippen LogP contribution in [0.1, 0.15) is 62.3 Å². The summed E-state index contributed by atoms with van der Waals surface area (Å²) < 4.78 is 23.1. The van der Waals surface area contributed by atoms with Crippen molar-refractivity contribution in [2.75, 3.05) is 19.8 Å². The Kier molecular flexibility index (Phi) is 10.5. The lowest BCUT2D eigenvalue weighted by Gasteiger charge is -2.26. The van der Waals surface area contributed by atoms with Crippen molar-refractivity contribution in [2.24, 2.45) is 5.92 Å². The van der Waals surface area contributed by atoms with Crippen LogP contribution in [-0.2, 0) is 18.9 Å². The van der Waals surface area contributed by atoms with Gasteiger partial charge in [-0.15, -0.1) is 0 Å². The normalized spacial score (nSPS) is 18.3. The molecular formula is C18H38O4. The Hall–Kier alpha value is -0.160. The molecule has 0 spiro atoms. The fraction of sp³-hybridized carbons (Fsp3) is 1.00. The molecule has 134 valence electrons. The Morgan fingerprint density at radius 2 is 1.05 bits per heavy atom. The van der Waals surface area contributed by atoms with Crippen molar-refractivity contribution in [3.8, 4) is 0 Å². The van der Waals surface area contributed by atoms with Gasteiger partial charge in [0, 0.05) is 0 Å². The van der Waals surface area contributed by atoms with Crippen LogP contribution in [0.3, 0.4) is 0 Å². The molecule has 4 atom stereocenters. The summed E-state index contributed by atoms with van der Waals surface area (Å²) in [5.41, 5.74) is -0.137. The van der Waals surface area contributed by atoms with Crippen LogP contribution in [0, 0.1) is 5.92 Å². The topological polar surface area (TPSA) is 36.9 Å². The molecular weight excluding hydrogens is 280 g/mol. The molecule has 0 aliphatic heterocycles. The Balaban J connectivity index is 3.78. The van der Waals surface area contributed by atoms with E-state index >= 15 is 0 Å². The van der Waals surface area contributed by atoms with E-state index in [-0.39, 0.29) is 30.0 Å². The van der Waals surface area contributed by atoms with Crippen LogP contribution in [0.5, 0.6) is 0 Å². The maximum Gasteiger partial charge on any atom is 0.0787 e. The van der Waals surface area contributed by atoms with Crippen LogP contribution in [-0.4, -0.2) is 49.8 Å². The third kappa shape index (κ3) is 12.4. The first-order chi connectivity index (χ1) is 10.0. The van der Waals surface area contributed by atoms with Crippen molar-refractivity contribution < 1.29 is 18.9 Å². The number of rotatable bonds is 11. The van der Waals surface area contributed by atoms with Gasteiger partial charge in [-0.25, -0.2) is 0 Å². The molecule has 0 aromatic heterocycles. The highest BCUT2D eigenvalue weighted by Crippen LogP contribution is 2.11. The summed E-state index contributed by atoms with van der Waals surface area (Å²) in [4.78, 5) is 0. The third-order valence-electron chi connectivity index (χ3n) is 3.32. The van der Waals surface area contributed by atoms with Crippen molar-refractivity contribution in [1.29, 1.82) is 0 Å². The lowest BCUT2D eigenvalue weighted by atomic mass is 10.1. The maximum absolute atomic E-state index is 5.82. The molecule has 0 bridgehead atoms. The zero-order valence-electron chi connectivity index (χ0n) is 16.1. The van der Waals surface area contributed by atoms with Crippen LogP contribution in [0.2, 0.25) is 0 Å². The highest BCUT2D eigenvalue weighted by atomic mass is 16.6. The van der Waals surface area contributed by atoms with Crippen LogP contribution in [0.25, 0.3) is 0 Å². The van der Waals surface area contributed by atoms with Gasteiger partial charge in [-0.05, 0) is 54.4 Å². The first-order valence-electron chi connectivity index (χ1n) is 8.54. The van der Waals surface area contributed by atoms with Crippen molar-refractivity contribution in [2.45, 2.75) is 92.3 Å². The minimum absolute atomic E-state index is 0.0518. The second-order valence-electron chi connectivity index (χ2n) is 7.61. The minimum atomic E-state index is -0.137. The molecule has 0 rings (SSSR count). The molecule has 0 amide bonds. The van der Waals surface area contributed by atoms with E-state index in [1.165, 1.54) is 0 Å². The molecule has 0 saturated heterocycles. The Labute approximate surface area is 137 Å². The van der Waals surface area contributed by atoms with Gasteiger partial charge in [-0.2, -0.15) is 0 Å². The van der Waals surface area contributed by atoms with Gasteiger partial charge in [0.25, 0.3) is 0 Å². The molecule has 0 N–H and O–H groups in total. The summed E-state index contributed by atoms with van der Waals surface area (Å²) in [6.07, 6.45) is 0.469. The van der Waals surface area contributed by atoms with Gasteiger partial charge < -0.3 is 18.9 Å². The van der Waals surface area contributed by atoms with Crippen LogP contribution < -0.4 is 0 Å². The summed E-state index contributed by atoms with van der Waals surface area (Å²) >= 11 is 0. The van der Waals surface area contributed by atoms with E-state index in [0.29, 0.717) is 25.7 Å². The Bertz CT molecular complexity index is 273. The number of ether oxygens (including phenoxy) is 4. The molecule has 4 unspecified atom stereocenters. The molecule has 0 aliphatic rings. The monoisotopic (exact) mass is 318 g/mol. The van der Waals surface area contributed by atoms with Gasteiger partial charge in [0.1, 0.15) is 0 Å². The van der Waals surface area contributed by atoms with Crippen LogP contribution in [0.4, 0.5) is 0 Å². The second-order valence-corrected chi connectivity index (χ2v) is 7.61. The zero-order chi connectivity index (χ0) is 17.3. The van der Waals surface area contributed by atoms with E-state index in [9.17, 15) is 0 Å². The second kappa shape index (κ2) is 10.6. The average molecular weight is 318 g/mol. The fourth-order valence-electron chi connectivity index (χ4n) is 1.81.